The Morgan fingerprint density at radius 1 is 1.50 bits per heavy atom. The van der Waals surface area contributed by atoms with Crippen molar-refractivity contribution in [3.63, 3.8) is 0 Å². The molecule has 3 nitrogen and oxygen atoms in total. The highest BCUT2D eigenvalue weighted by molar-refractivity contribution is 8.00. The zero-order chi connectivity index (χ0) is 13.9. The van der Waals surface area contributed by atoms with Gasteiger partial charge in [-0.2, -0.15) is 18.4 Å². The van der Waals surface area contributed by atoms with Crippen LogP contribution in [0.15, 0.2) is 17.0 Å². The van der Waals surface area contributed by atoms with Crippen LogP contribution in [0.2, 0.25) is 0 Å². The molecule has 7 heteroatoms. The number of thioether (sulfide) groups is 1. The molecule has 1 rings (SSSR count). The van der Waals surface area contributed by atoms with Gasteiger partial charge in [0.05, 0.1) is 18.1 Å². The zero-order valence-electron chi connectivity index (χ0n) is 9.21. The minimum Gasteiger partial charge on any atom is -0.481 e. The van der Waals surface area contributed by atoms with Crippen LogP contribution in [-0.2, 0) is 11.2 Å². The number of aliphatic carboxylic acids is 1. The van der Waals surface area contributed by atoms with Gasteiger partial charge >= 0.3 is 11.5 Å². The summed E-state index contributed by atoms with van der Waals surface area (Å²) in [6.07, 6.45) is -0.410. The molecule has 0 saturated carbocycles. The Bertz CT molecular complexity index is 520. The standard InChI is InChI=1S/C11H8F3NO2S/c1-6-7(4-10(16)17)2-9(3-8(6)5-15)18-11(12,13)14/h2-3H,4H2,1H3,(H,16,17). The van der Waals surface area contributed by atoms with E-state index in [1.165, 1.54) is 6.92 Å². The van der Waals surface area contributed by atoms with E-state index in [9.17, 15) is 18.0 Å². The number of carboxylic acids is 1. The van der Waals surface area contributed by atoms with Crippen molar-refractivity contribution in [1.82, 2.24) is 0 Å². The highest BCUT2D eigenvalue weighted by atomic mass is 32.2. The molecule has 0 aliphatic heterocycles. The summed E-state index contributed by atoms with van der Waals surface area (Å²) in [5, 5.41) is 17.5. The van der Waals surface area contributed by atoms with Gasteiger partial charge < -0.3 is 5.11 Å². The number of alkyl halides is 3. The molecule has 0 atom stereocenters. The molecule has 0 bridgehead atoms. The number of halogens is 3. The van der Waals surface area contributed by atoms with Gasteiger partial charge in [-0.05, 0) is 41.9 Å². The van der Waals surface area contributed by atoms with Crippen molar-refractivity contribution in [3.8, 4) is 6.07 Å². The molecular formula is C11H8F3NO2S. The number of carbonyl (C=O) groups is 1. The number of hydrogen-bond acceptors (Lipinski definition) is 3. The molecule has 0 saturated heterocycles. The lowest BCUT2D eigenvalue weighted by atomic mass is 10.0. The van der Waals surface area contributed by atoms with Gasteiger partial charge in [0.15, 0.2) is 0 Å². The second-order valence-corrected chi connectivity index (χ2v) is 4.62. The molecule has 18 heavy (non-hydrogen) atoms. The summed E-state index contributed by atoms with van der Waals surface area (Å²) in [5.74, 6) is -1.16. The Morgan fingerprint density at radius 3 is 2.56 bits per heavy atom. The molecule has 0 radical (unpaired) electrons. The second kappa shape index (κ2) is 5.31. The van der Waals surface area contributed by atoms with Crippen LogP contribution in [0.25, 0.3) is 0 Å². The molecule has 0 fully saturated rings. The lowest BCUT2D eigenvalue weighted by Crippen LogP contribution is -2.05. The van der Waals surface area contributed by atoms with Crippen LogP contribution in [0.1, 0.15) is 16.7 Å². The van der Waals surface area contributed by atoms with Crippen LogP contribution in [0, 0.1) is 18.3 Å². The third kappa shape index (κ3) is 3.96. The first kappa shape index (κ1) is 14.4. The second-order valence-electron chi connectivity index (χ2n) is 3.49. The summed E-state index contributed by atoms with van der Waals surface area (Å²) < 4.78 is 36.7. The van der Waals surface area contributed by atoms with Gasteiger partial charge in [-0.1, -0.05) is 0 Å². The molecular weight excluding hydrogens is 267 g/mol. The number of rotatable bonds is 3. The molecule has 0 spiro atoms. The Labute approximate surface area is 105 Å². The lowest BCUT2D eigenvalue weighted by molar-refractivity contribution is -0.136. The number of nitriles is 1. The molecule has 1 aromatic carbocycles. The van der Waals surface area contributed by atoms with E-state index < -0.39 is 17.9 Å². The van der Waals surface area contributed by atoms with Crippen molar-refractivity contribution in [1.29, 1.82) is 5.26 Å². The Morgan fingerprint density at radius 2 is 2.11 bits per heavy atom. The maximum Gasteiger partial charge on any atom is 0.446 e. The fourth-order valence-electron chi connectivity index (χ4n) is 1.40. The van der Waals surface area contributed by atoms with Crippen LogP contribution < -0.4 is 0 Å². The normalized spacial score (nSPS) is 11.1. The van der Waals surface area contributed by atoms with Crippen molar-refractivity contribution in [3.05, 3.63) is 28.8 Å². The van der Waals surface area contributed by atoms with E-state index in [2.05, 4.69) is 0 Å². The van der Waals surface area contributed by atoms with E-state index in [-0.39, 0.29) is 27.8 Å². The molecule has 0 heterocycles. The van der Waals surface area contributed by atoms with E-state index in [1.54, 1.807) is 6.07 Å². The van der Waals surface area contributed by atoms with Crippen molar-refractivity contribution in [2.75, 3.05) is 0 Å². The number of nitrogens with zero attached hydrogens (tertiary/aromatic N) is 1. The third-order valence-corrected chi connectivity index (χ3v) is 2.89. The van der Waals surface area contributed by atoms with Crippen molar-refractivity contribution < 1.29 is 23.1 Å². The SMILES string of the molecule is Cc1c(C#N)cc(SC(F)(F)F)cc1CC(=O)O. The monoisotopic (exact) mass is 275 g/mol. The topological polar surface area (TPSA) is 61.1 Å². The lowest BCUT2D eigenvalue weighted by Gasteiger charge is -2.10. The molecule has 1 N–H and O–H groups in total. The van der Waals surface area contributed by atoms with E-state index in [1.807, 2.05) is 0 Å². The van der Waals surface area contributed by atoms with E-state index in [0.717, 1.165) is 12.1 Å². The third-order valence-electron chi connectivity index (χ3n) is 2.18. The first-order valence-electron chi connectivity index (χ1n) is 4.74. The zero-order valence-corrected chi connectivity index (χ0v) is 10.0. The summed E-state index contributed by atoms with van der Waals surface area (Å²) in [6, 6.07) is 4.03. The Balaban J connectivity index is 3.23. The van der Waals surface area contributed by atoms with Gasteiger partial charge in [-0.25, -0.2) is 0 Å². The van der Waals surface area contributed by atoms with E-state index in [4.69, 9.17) is 10.4 Å². The van der Waals surface area contributed by atoms with Gasteiger partial charge in [0.2, 0.25) is 0 Å². The summed E-state index contributed by atoms with van der Waals surface area (Å²) in [4.78, 5) is 10.4. The largest absolute Gasteiger partial charge is 0.481 e. The number of hydrogen-bond donors (Lipinski definition) is 1. The Hall–Kier alpha value is -1.68. The van der Waals surface area contributed by atoms with Crippen LogP contribution in [-0.4, -0.2) is 16.6 Å². The van der Waals surface area contributed by atoms with Crippen LogP contribution in [0.5, 0.6) is 0 Å². The predicted molar refractivity (Wildman–Crippen MR) is 59.1 cm³/mol. The van der Waals surface area contributed by atoms with Gasteiger partial charge in [0.25, 0.3) is 0 Å². The highest BCUT2D eigenvalue weighted by Gasteiger charge is 2.29. The van der Waals surface area contributed by atoms with Crippen molar-refractivity contribution in [2.24, 2.45) is 0 Å². The minimum absolute atomic E-state index is 0.0560. The minimum atomic E-state index is -4.47. The predicted octanol–water partition coefficient (Wildman–Crippen LogP) is 3.11. The molecule has 1 aromatic rings. The molecule has 0 aliphatic rings. The molecule has 0 amide bonds. The summed E-state index contributed by atoms with van der Waals surface area (Å²) in [7, 11) is 0. The smallest absolute Gasteiger partial charge is 0.446 e. The molecule has 0 aliphatic carbocycles. The molecule has 0 aromatic heterocycles. The number of benzene rings is 1. The quantitative estimate of drug-likeness (QED) is 0.861. The van der Waals surface area contributed by atoms with E-state index in [0.29, 0.717) is 5.56 Å². The van der Waals surface area contributed by atoms with Gasteiger partial charge in [-0.3, -0.25) is 4.79 Å². The average molecular weight is 275 g/mol. The first-order valence-corrected chi connectivity index (χ1v) is 5.55. The first-order chi connectivity index (χ1) is 8.23. The van der Waals surface area contributed by atoms with Gasteiger partial charge in [0.1, 0.15) is 0 Å². The van der Waals surface area contributed by atoms with Crippen molar-refractivity contribution >= 4 is 17.7 Å². The maximum atomic E-state index is 12.2. The maximum absolute atomic E-state index is 12.2. The van der Waals surface area contributed by atoms with Crippen LogP contribution >= 0.6 is 11.8 Å². The van der Waals surface area contributed by atoms with E-state index >= 15 is 0 Å². The molecule has 0 unspecified atom stereocenters. The Kier molecular flexibility index (Phi) is 4.24. The fraction of sp³-hybridized carbons (Fsp3) is 0.273. The summed E-state index contributed by atoms with van der Waals surface area (Å²) in [6.45, 7) is 1.51. The van der Waals surface area contributed by atoms with Gasteiger partial charge in [0, 0.05) is 4.90 Å². The fourth-order valence-corrected chi connectivity index (χ4v) is 2.05. The average Bonchev–Trinajstić information content (AvgIpc) is 2.19. The summed E-state index contributed by atoms with van der Waals surface area (Å²) >= 11 is -0.364. The summed E-state index contributed by atoms with van der Waals surface area (Å²) in [5.41, 5.74) is -3.80. The van der Waals surface area contributed by atoms with Crippen LogP contribution in [0.4, 0.5) is 13.2 Å². The number of carboxylic acid groups (broad SMARTS) is 1. The van der Waals surface area contributed by atoms with Crippen molar-refractivity contribution in [2.45, 2.75) is 23.7 Å². The van der Waals surface area contributed by atoms with Crippen LogP contribution in [0.3, 0.4) is 0 Å². The highest BCUT2D eigenvalue weighted by Crippen LogP contribution is 2.38. The molecule has 96 valence electrons. The van der Waals surface area contributed by atoms with Gasteiger partial charge in [-0.15, -0.1) is 0 Å².